The van der Waals surface area contributed by atoms with Gasteiger partial charge in [-0.25, -0.2) is 0 Å². The summed E-state index contributed by atoms with van der Waals surface area (Å²) in [5, 5.41) is 5.06. The zero-order valence-electron chi connectivity index (χ0n) is 19.0. The number of ether oxygens (including phenoxy) is 1. The van der Waals surface area contributed by atoms with Gasteiger partial charge >= 0.3 is 0 Å². The number of nitrogens with zero attached hydrogens (tertiary/aromatic N) is 3. The van der Waals surface area contributed by atoms with Crippen molar-refractivity contribution >= 4 is 16.8 Å². The Bertz CT molecular complexity index is 1090. The van der Waals surface area contributed by atoms with Crippen LogP contribution in [0.1, 0.15) is 43.1 Å². The molecule has 6 nitrogen and oxygen atoms in total. The second-order valence-corrected chi connectivity index (χ2v) is 9.39. The maximum absolute atomic E-state index is 13.5. The number of hydrogen-bond donors (Lipinski definition) is 1. The molecule has 0 unspecified atom stereocenters. The topological polar surface area (TPSA) is 59.4 Å². The maximum atomic E-state index is 13.5. The molecule has 4 heterocycles. The van der Waals surface area contributed by atoms with Gasteiger partial charge in [-0.05, 0) is 48.1 Å². The first-order valence-corrected chi connectivity index (χ1v) is 11.7. The molecule has 0 spiro atoms. The van der Waals surface area contributed by atoms with Gasteiger partial charge in [-0.1, -0.05) is 32.0 Å². The number of amides is 1. The Balaban J connectivity index is 1.55. The first-order valence-electron chi connectivity index (χ1n) is 11.7. The molecule has 0 radical (unpaired) electrons. The fourth-order valence-electron chi connectivity index (χ4n) is 5.15. The maximum Gasteiger partial charge on any atom is 0.240 e. The zero-order valence-corrected chi connectivity index (χ0v) is 19.0. The summed E-state index contributed by atoms with van der Waals surface area (Å²) in [5.74, 6) is 0.722. The largest absolute Gasteiger partial charge is 0.378 e. The Hall–Kier alpha value is -2.70. The number of nitrogens with one attached hydrogen (secondary N) is 1. The normalized spacial score (nSPS) is 21.2. The van der Waals surface area contributed by atoms with E-state index in [4.69, 9.17) is 4.74 Å². The third kappa shape index (κ3) is 4.17. The second-order valence-electron chi connectivity index (χ2n) is 9.39. The van der Waals surface area contributed by atoms with E-state index in [0.717, 1.165) is 18.7 Å². The van der Waals surface area contributed by atoms with Gasteiger partial charge in [-0.2, -0.15) is 0 Å². The van der Waals surface area contributed by atoms with Crippen molar-refractivity contribution in [2.75, 3.05) is 26.3 Å². The lowest BCUT2D eigenvalue weighted by molar-refractivity contribution is -0.137. The van der Waals surface area contributed by atoms with E-state index in [-0.39, 0.29) is 18.0 Å². The summed E-state index contributed by atoms with van der Waals surface area (Å²) in [4.78, 5) is 20.0. The molecule has 1 saturated heterocycles. The van der Waals surface area contributed by atoms with Gasteiger partial charge in [-0.3, -0.25) is 15.1 Å². The molecule has 1 aromatic carbocycles. The average Bonchev–Trinajstić information content (AvgIpc) is 3.07. The van der Waals surface area contributed by atoms with Crippen LogP contribution in [0.4, 0.5) is 0 Å². The van der Waals surface area contributed by atoms with Crippen LogP contribution in [0.15, 0.2) is 48.8 Å². The molecule has 2 aliphatic rings. The van der Waals surface area contributed by atoms with Gasteiger partial charge in [0.15, 0.2) is 0 Å². The molecule has 1 fully saturated rings. The van der Waals surface area contributed by atoms with Crippen LogP contribution in [-0.4, -0.2) is 52.7 Å². The molecule has 1 amide bonds. The van der Waals surface area contributed by atoms with E-state index in [1.54, 1.807) is 0 Å². The Morgan fingerprint density at radius 2 is 2.03 bits per heavy atom. The fourth-order valence-corrected chi connectivity index (χ4v) is 5.15. The third-order valence-corrected chi connectivity index (χ3v) is 6.61. The number of carbonyl (C=O) groups excluding carboxylic acids is 1. The fraction of sp³-hybridized carbons (Fsp3) is 0.462. The molecule has 2 aliphatic heterocycles. The van der Waals surface area contributed by atoms with Gasteiger partial charge in [0.05, 0.1) is 31.5 Å². The van der Waals surface area contributed by atoms with Gasteiger partial charge < -0.3 is 14.2 Å². The van der Waals surface area contributed by atoms with Crippen molar-refractivity contribution in [2.45, 2.75) is 45.3 Å². The predicted octanol–water partition coefficient (Wildman–Crippen LogP) is 3.54. The van der Waals surface area contributed by atoms with E-state index in [9.17, 15) is 4.79 Å². The molecule has 0 bridgehead atoms. The molecule has 3 aromatic rings. The highest BCUT2D eigenvalue weighted by molar-refractivity contribution is 5.90. The molecule has 6 heteroatoms. The van der Waals surface area contributed by atoms with Crippen molar-refractivity contribution in [3.05, 3.63) is 65.6 Å². The van der Waals surface area contributed by atoms with E-state index in [0.29, 0.717) is 38.6 Å². The number of morpholine rings is 1. The van der Waals surface area contributed by atoms with Crippen molar-refractivity contribution in [2.24, 2.45) is 5.92 Å². The van der Waals surface area contributed by atoms with Crippen molar-refractivity contribution in [3.8, 4) is 0 Å². The number of hydrogen-bond acceptors (Lipinski definition) is 4. The number of pyridine rings is 1. The van der Waals surface area contributed by atoms with Crippen LogP contribution in [0.25, 0.3) is 10.9 Å². The highest BCUT2D eigenvalue weighted by Crippen LogP contribution is 2.36. The summed E-state index contributed by atoms with van der Waals surface area (Å²) in [7, 11) is 0. The summed E-state index contributed by atoms with van der Waals surface area (Å²) in [6, 6.07) is 12.6. The lowest BCUT2D eigenvalue weighted by Crippen LogP contribution is -2.51. The second kappa shape index (κ2) is 9.04. The Morgan fingerprint density at radius 3 is 2.78 bits per heavy atom. The van der Waals surface area contributed by atoms with E-state index >= 15 is 0 Å². The highest BCUT2D eigenvalue weighted by atomic mass is 16.5. The van der Waals surface area contributed by atoms with E-state index in [1.807, 2.05) is 23.2 Å². The number of aromatic nitrogens is 2. The Kier molecular flexibility index (Phi) is 5.98. The molecule has 0 saturated carbocycles. The Morgan fingerprint density at radius 1 is 1.19 bits per heavy atom. The lowest BCUT2D eigenvalue weighted by atomic mass is 9.94. The van der Waals surface area contributed by atoms with Crippen LogP contribution in [0.3, 0.4) is 0 Å². The van der Waals surface area contributed by atoms with Gasteiger partial charge in [0.1, 0.15) is 0 Å². The molecular weight excluding hydrogens is 400 g/mol. The van der Waals surface area contributed by atoms with Gasteiger partial charge in [0, 0.05) is 42.4 Å². The summed E-state index contributed by atoms with van der Waals surface area (Å²) in [5.41, 5.74) is 4.81. The molecule has 0 aliphatic carbocycles. The first-order chi connectivity index (χ1) is 15.6. The molecule has 168 valence electrons. The van der Waals surface area contributed by atoms with Crippen molar-refractivity contribution in [1.82, 2.24) is 19.8 Å². The van der Waals surface area contributed by atoms with Crippen LogP contribution < -0.4 is 5.32 Å². The summed E-state index contributed by atoms with van der Waals surface area (Å²) < 4.78 is 7.77. The molecule has 5 rings (SSSR count). The van der Waals surface area contributed by atoms with Crippen molar-refractivity contribution in [1.29, 1.82) is 0 Å². The minimum Gasteiger partial charge on any atom is -0.378 e. The lowest BCUT2D eigenvalue weighted by Gasteiger charge is -2.32. The summed E-state index contributed by atoms with van der Waals surface area (Å²) in [6.07, 6.45) is 5.78. The first kappa shape index (κ1) is 21.2. The molecule has 2 aromatic heterocycles. The summed E-state index contributed by atoms with van der Waals surface area (Å²) in [6.45, 7) is 7.82. The quantitative estimate of drug-likeness (QED) is 0.670. The number of benzene rings is 1. The standard InChI is InChI=1S/C26H32N4O2/c1-18(2)14-22-21-7-5-8-24-25(21)19(16-30(24)17-20-6-3-4-9-27-20)15-23(28-22)26(31)29-10-12-32-13-11-29/h3-9,16,18,22-23,28H,10-15,17H2,1-2H3/t22-,23-/m0/s1. The van der Waals surface area contributed by atoms with Crippen LogP contribution in [-0.2, 0) is 22.5 Å². The van der Waals surface area contributed by atoms with Crippen LogP contribution in [0.2, 0.25) is 0 Å². The van der Waals surface area contributed by atoms with Crippen molar-refractivity contribution < 1.29 is 9.53 Å². The van der Waals surface area contributed by atoms with Gasteiger partial charge in [0.2, 0.25) is 5.91 Å². The zero-order chi connectivity index (χ0) is 22.1. The van der Waals surface area contributed by atoms with Gasteiger partial charge in [-0.15, -0.1) is 0 Å². The van der Waals surface area contributed by atoms with Gasteiger partial charge in [0.25, 0.3) is 0 Å². The molecule has 1 N–H and O–H groups in total. The number of rotatable bonds is 5. The van der Waals surface area contributed by atoms with E-state index in [2.05, 4.69) is 59.2 Å². The van der Waals surface area contributed by atoms with Crippen LogP contribution in [0.5, 0.6) is 0 Å². The third-order valence-electron chi connectivity index (χ3n) is 6.61. The summed E-state index contributed by atoms with van der Waals surface area (Å²) >= 11 is 0. The van der Waals surface area contributed by atoms with Crippen LogP contribution >= 0.6 is 0 Å². The molecule has 2 atom stereocenters. The smallest absolute Gasteiger partial charge is 0.240 e. The van der Waals surface area contributed by atoms with Crippen LogP contribution in [0, 0.1) is 5.92 Å². The molecule has 32 heavy (non-hydrogen) atoms. The predicted molar refractivity (Wildman–Crippen MR) is 125 cm³/mol. The highest BCUT2D eigenvalue weighted by Gasteiger charge is 2.33. The van der Waals surface area contributed by atoms with Crippen molar-refractivity contribution in [3.63, 3.8) is 0 Å². The van der Waals surface area contributed by atoms with E-state index < -0.39 is 0 Å². The molecular formula is C26H32N4O2. The average molecular weight is 433 g/mol. The van der Waals surface area contributed by atoms with E-state index in [1.165, 1.54) is 22.0 Å². The Labute approximate surface area is 189 Å². The number of carbonyl (C=O) groups is 1. The minimum atomic E-state index is -0.224. The SMILES string of the molecule is CC(C)C[C@@H]1N[C@H](C(=O)N2CCOCC2)Cc2cn(Cc3ccccn3)c3cccc1c23. The minimum absolute atomic E-state index is 0.153. The monoisotopic (exact) mass is 432 g/mol.